The molecule has 5 nitrogen and oxygen atoms in total. The number of aromatic nitrogens is 3. The summed E-state index contributed by atoms with van der Waals surface area (Å²) < 4.78 is 0. The largest absolute Gasteiger partial charge is 0.480 e. The van der Waals surface area contributed by atoms with Gasteiger partial charge in [0.15, 0.2) is 0 Å². The van der Waals surface area contributed by atoms with E-state index in [1.54, 1.807) is 24.5 Å². The maximum Gasteiger partial charge on any atom is 0.317 e. The first-order valence-corrected chi connectivity index (χ1v) is 4.72. The second kappa shape index (κ2) is 5.65. The topological polar surface area (TPSA) is 78.9 Å². The van der Waals surface area contributed by atoms with Crippen LogP contribution < -0.4 is 0 Å². The van der Waals surface area contributed by atoms with Crippen LogP contribution >= 0.6 is 0 Å². The van der Waals surface area contributed by atoms with Gasteiger partial charge in [-0.15, -0.1) is 6.58 Å². The van der Waals surface area contributed by atoms with Gasteiger partial charge in [0.25, 0.3) is 0 Å². The van der Waals surface area contributed by atoms with E-state index in [4.69, 9.17) is 5.11 Å². The van der Waals surface area contributed by atoms with Crippen LogP contribution in [0.25, 0.3) is 0 Å². The van der Waals surface area contributed by atoms with Gasteiger partial charge in [-0.25, -0.2) is 0 Å². The monoisotopic (exact) mass is 219 g/mol. The molecule has 0 bridgehead atoms. The van der Waals surface area contributed by atoms with Crippen molar-refractivity contribution in [1.82, 2.24) is 15.4 Å². The molecule has 1 atom stereocenters. The predicted octanol–water partition coefficient (Wildman–Crippen LogP) is 1.56. The highest BCUT2D eigenvalue weighted by atomic mass is 16.4. The Balaban J connectivity index is 0.000000212. The average Bonchev–Trinajstić information content (AvgIpc) is 2.88. The summed E-state index contributed by atoms with van der Waals surface area (Å²) in [7, 11) is 0. The molecule has 1 unspecified atom stereocenters. The number of carbonyl (C=O) groups is 1. The van der Waals surface area contributed by atoms with E-state index in [1.807, 2.05) is 12.2 Å². The van der Waals surface area contributed by atoms with Crippen LogP contribution in [0, 0.1) is 5.41 Å². The molecule has 2 rings (SSSR count). The molecule has 84 valence electrons. The van der Waals surface area contributed by atoms with Crippen LogP contribution in [-0.4, -0.2) is 26.5 Å². The zero-order chi connectivity index (χ0) is 11.9. The summed E-state index contributed by atoms with van der Waals surface area (Å²) in [5.74, 6) is -0.840. The fourth-order valence-electron chi connectivity index (χ4n) is 1.20. The van der Waals surface area contributed by atoms with Gasteiger partial charge < -0.3 is 5.11 Å². The zero-order valence-corrected chi connectivity index (χ0v) is 8.71. The fraction of sp³-hybridized carbons (Fsp3) is 0.182. The Morgan fingerprint density at radius 3 is 2.38 bits per heavy atom. The van der Waals surface area contributed by atoms with E-state index in [0.29, 0.717) is 6.42 Å². The highest BCUT2D eigenvalue weighted by molar-refractivity contribution is 5.80. The summed E-state index contributed by atoms with van der Waals surface area (Å²) in [4.78, 5) is 10.8. The molecule has 0 amide bonds. The maximum absolute atomic E-state index is 10.8. The molecule has 0 fully saturated rings. The molecule has 0 radical (unpaired) electrons. The van der Waals surface area contributed by atoms with Crippen molar-refractivity contribution in [1.29, 1.82) is 0 Å². The summed E-state index contributed by atoms with van der Waals surface area (Å²) in [5, 5.41) is 18.2. The lowest BCUT2D eigenvalue weighted by atomic mass is 9.82. The first-order valence-electron chi connectivity index (χ1n) is 4.72. The van der Waals surface area contributed by atoms with Crippen molar-refractivity contribution in [2.45, 2.75) is 6.42 Å². The number of hydrogen-bond donors (Lipinski definition) is 2. The smallest absolute Gasteiger partial charge is 0.317 e. The first-order chi connectivity index (χ1) is 7.71. The van der Waals surface area contributed by atoms with Crippen LogP contribution in [-0.2, 0) is 4.79 Å². The minimum absolute atomic E-state index is 0.502. The van der Waals surface area contributed by atoms with E-state index in [0.717, 1.165) is 0 Å². The Bertz CT molecular complexity index is 378. The Labute approximate surface area is 93.2 Å². The molecule has 1 heterocycles. The van der Waals surface area contributed by atoms with E-state index in [-0.39, 0.29) is 0 Å². The lowest BCUT2D eigenvalue weighted by Crippen LogP contribution is -2.26. The number of carboxylic acids is 1. The van der Waals surface area contributed by atoms with Crippen LogP contribution in [0.3, 0.4) is 0 Å². The normalized spacial score (nSPS) is 22.0. The third-order valence-electron chi connectivity index (χ3n) is 2.19. The summed E-state index contributed by atoms with van der Waals surface area (Å²) in [6, 6.07) is 0. The van der Waals surface area contributed by atoms with Gasteiger partial charge in [0, 0.05) is 0 Å². The number of H-pyrrole nitrogens is 1. The summed E-state index contributed by atoms with van der Waals surface area (Å²) in [6.07, 6.45) is 12.2. The van der Waals surface area contributed by atoms with Gasteiger partial charge in [-0.3, -0.25) is 4.79 Å². The van der Waals surface area contributed by atoms with Crippen molar-refractivity contribution in [3.63, 3.8) is 0 Å². The van der Waals surface area contributed by atoms with Crippen LogP contribution in [0.1, 0.15) is 6.42 Å². The molecule has 1 aromatic heterocycles. The van der Waals surface area contributed by atoms with Gasteiger partial charge >= 0.3 is 5.97 Å². The molecule has 2 N–H and O–H groups in total. The molecule has 0 saturated carbocycles. The second-order valence-corrected chi connectivity index (χ2v) is 3.20. The van der Waals surface area contributed by atoms with Crippen LogP contribution in [0.4, 0.5) is 0 Å². The van der Waals surface area contributed by atoms with Gasteiger partial charge in [-0.2, -0.15) is 15.4 Å². The van der Waals surface area contributed by atoms with Gasteiger partial charge in [-0.1, -0.05) is 30.4 Å². The van der Waals surface area contributed by atoms with Crippen molar-refractivity contribution in [3.05, 3.63) is 49.4 Å². The van der Waals surface area contributed by atoms with E-state index >= 15 is 0 Å². The molecule has 0 aromatic carbocycles. The van der Waals surface area contributed by atoms with Crippen molar-refractivity contribution >= 4 is 5.97 Å². The summed E-state index contributed by atoms with van der Waals surface area (Å²) >= 11 is 0. The van der Waals surface area contributed by atoms with E-state index in [1.165, 1.54) is 6.08 Å². The minimum Gasteiger partial charge on any atom is -0.480 e. The Morgan fingerprint density at radius 2 is 2.12 bits per heavy atom. The number of nitrogens with zero attached hydrogens (tertiary/aromatic N) is 2. The highest BCUT2D eigenvalue weighted by Crippen LogP contribution is 2.28. The molecule has 5 heteroatoms. The van der Waals surface area contributed by atoms with Crippen molar-refractivity contribution < 1.29 is 9.90 Å². The Hall–Kier alpha value is -2.17. The number of nitrogens with one attached hydrogen (secondary N) is 1. The minimum atomic E-state index is -0.866. The Kier molecular flexibility index (Phi) is 4.20. The van der Waals surface area contributed by atoms with Crippen molar-refractivity contribution in [2.24, 2.45) is 5.41 Å². The molecule has 1 aliphatic carbocycles. The van der Waals surface area contributed by atoms with Gasteiger partial charge in [0.05, 0.1) is 12.4 Å². The molecule has 1 aromatic rings. The van der Waals surface area contributed by atoms with Crippen LogP contribution in [0.15, 0.2) is 49.4 Å². The summed E-state index contributed by atoms with van der Waals surface area (Å²) in [6.45, 7) is 3.51. The number of hydrogen-bond acceptors (Lipinski definition) is 3. The molecule has 0 saturated heterocycles. The number of aliphatic carboxylic acids is 1. The average molecular weight is 219 g/mol. The number of rotatable bonds is 2. The first kappa shape index (κ1) is 11.9. The third kappa shape index (κ3) is 2.91. The van der Waals surface area contributed by atoms with Gasteiger partial charge in [-0.05, 0) is 6.42 Å². The fourth-order valence-corrected chi connectivity index (χ4v) is 1.20. The lowest BCUT2D eigenvalue weighted by molar-refractivity contribution is -0.143. The molecular formula is C11H13N3O2. The van der Waals surface area contributed by atoms with E-state index in [9.17, 15) is 4.79 Å². The quantitative estimate of drug-likeness (QED) is 0.740. The maximum atomic E-state index is 10.8. The predicted molar refractivity (Wildman–Crippen MR) is 59.5 cm³/mol. The Morgan fingerprint density at radius 1 is 1.44 bits per heavy atom. The number of allylic oxidation sites excluding steroid dienone is 3. The van der Waals surface area contributed by atoms with E-state index in [2.05, 4.69) is 22.0 Å². The zero-order valence-electron chi connectivity index (χ0n) is 8.71. The highest BCUT2D eigenvalue weighted by Gasteiger charge is 2.31. The SMILES string of the molecule is C=CC1(C(=O)O)C=CC=CC1.c1cn[nH]n1. The van der Waals surface area contributed by atoms with Crippen LogP contribution in [0.5, 0.6) is 0 Å². The molecule has 0 aliphatic heterocycles. The molecule has 0 spiro atoms. The molecule has 1 aliphatic rings. The summed E-state index contributed by atoms with van der Waals surface area (Å²) in [5.41, 5.74) is -0.866. The third-order valence-corrected chi connectivity index (χ3v) is 2.19. The van der Waals surface area contributed by atoms with Gasteiger partial charge in [0.1, 0.15) is 5.41 Å². The second-order valence-electron chi connectivity index (χ2n) is 3.20. The standard InChI is InChI=1S/C9H10O2.C2H3N3/c1-2-9(8(10)11)6-4-3-5-7-9;1-2-4-5-3-1/h2-6H,1,7H2,(H,10,11);1-2H,(H,3,4,5). The van der Waals surface area contributed by atoms with Crippen molar-refractivity contribution in [2.75, 3.05) is 0 Å². The van der Waals surface area contributed by atoms with Crippen LogP contribution in [0.2, 0.25) is 0 Å². The number of carboxylic acid groups (broad SMARTS) is 1. The van der Waals surface area contributed by atoms with E-state index < -0.39 is 11.4 Å². The van der Waals surface area contributed by atoms with Gasteiger partial charge in [0.2, 0.25) is 0 Å². The van der Waals surface area contributed by atoms with Crippen molar-refractivity contribution in [3.8, 4) is 0 Å². The molecular weight excluding hydrogens is 206 g/mol. The lowest BCUT2D eigenvalue weighted by Gasteiger charge is -2.21. The number of aromatic amines is 1. The molecule has 16 heavy (non-hydrogen) atoms.